The maximum Gasteiger partial charge on any atom is 0.302 e. The molecule has 4 aromatic rings. The first-order valence-corrected chi connectivity index (χ1v) is 10.9. The van der Waals surface area contributed by atoms with Crippen molar-refractivity contribution in [3.8, 4) is 5.75 Å². The zero-order valence-electron chi connectivity index (χ0n) is 16.7. The summed E-state index contributed by atoms with van der Waals surface area (Å²) >= 11 is 7.50. The lowest BCUT2D eigenvalue weighted by molar-refractivity contribution is -0.132. The highest BCUT2D eigenvalue weighted by molar-refractivity contribution is 7.10. The number of nitrogens with one attached hydrogen (secondary N) is 1. The number of nitrogens with zero attached hydrogens (tertiary/aromatic N) is 2. The monoisotopic (exact) mass is 465 g/mol. The van der Waals surface area contributed by atoms with Gasteiger partial charge in [-0.2, -0.15) is 0 Å². The summed E-state index contributed by atoms with van der Waals surface area (Å²) < 4.78 is 5.34. The molecule has 1 unspecified atom stereocenters. The Kier molecular flexibility index (Phi) is 4.96. The molecule has 2 aromatic heterocycles. The Morgan fingerprint density at radius 2 is 2.00 bits per heavy atom. The number of aromatic amines is 1. The van der Waals surface area contributed by atoms with Gasteiger partial charge in [-0.1, -0.05) is 29.8 Å². The second-order valence-electron chi connectivity index (χ2n) is 7.11. The normalized spacial score (nSPS) is 17.9. The van der Waals surface area contributed by atoms with Gasteiger partial charge < -0.3 is 14.8 Å². The minimum absolute atomic E-state index is 0.0570. The van der Waals surface area contributed by atoms with Crippen LogP contribution in [0.15, 0.2) is 65.6 Å². The number of aliphatic hydroxyl groups is 1. The quantitative estimate of drug-likeness (QED) is 0.253. The number of anilines is 1. The van der Waals surface area contributed by atoms with Gasteiger partial charge in [-0.05, 0) is 41.8 Å². The largest absolute Gasteiger partial charge is 0.507 e. The highest BCUT2D eigenvalue weighted by Crippen LogP contribution is 2.44. The fraction of sp³-hybridized carbons (Fsp3) is 0.0870. The number of hydrogen-bond donors (Lipinski definition) is 2. The lowest BCUT2D eigenvalue weighted by atomic mass is 9.99. The van der Waals surface area contributed by atoms with E-state index in [4.69, 9.17) is 16.3 Å². The SMILES string of the molecule is COc1ccc(Cl)cc1/C(O)=C1\C(=O)C(=O)N(c2nc3ccccc3[nH]2)C1c1cccs1. The average molecular weight is 466 g/mol. The highest BCUT2D eigenvalue weighted by Gasteiger charge is 2.48. The lowest BCUT2D eigenvalue weighted by Crippen LogP contribution is -2.30. The van der Waals surface area contributed by atoms with E-state index in [1.165, 1.54) is 29.4 Å². The molecule has 1 atom stereocenters. The summed E-state index contributed by atoms with van der Waals surface area (Å²) in [5, 5.41) is 13.4. The predicted molar refractivity (Wildman–Crippen MR) is 123 cm³/mol. The molecular formula is C23H16ClN3O4S. The Hall–Kier alpha value is -3.62. The van der Waals surface area contributed by atoms with Gasteiger partial charge in [0.05, 0.1) is 29.3 Å². The predicted octanol–water partition coefficient (Wildman–Crippen LogP) is 4.91. The number of imidazole rings is 1. The summed E-state index contributed by atoms with van der Waals surface area (Å²) in [7, 11) is 1.45. The van der Waals surface area contributed by atoms with Crippen LogP contribution in [-0.4, -0.2) is 33.9 Å². The van der Waals surface area contributed by atoms with Crippen LogP contribution in [-0.2, 0) is 9.59 Å². The summed E-state index contributed by atoms with van der Waals surface area (Å²) in [4.78, 5) is 36.0. The number of benzene rings is 2. The van der Waals surface area contributed by atoms with Crippen molar-refractivity contribution in [1.82, 2.24) is 9.97 Å². The molecule has 0 radical (unpaired) electrons. The van der Waals surface area contributed by atoms with Crippen molar-refractivity contribution in [2.45, 2.75) is 6.04 Å². The molecule has 1 saturated heterocycles. The number of hydrogen-bond acceptors (Lipinski definition) is 6. The molecule has 1 aliphatic rings. The second kappa shape index (κ2) is 7.81. The van der Waals surface area contributed by atoms with Crippen LogP contribution in [0, 0.1) is 0 Å². The number of fused-ring (bicyclic) bond motifs is 1. The minimum Gasteiger partial charge on any atom is -0.507 e. The summed E-state index contributed by atoms with van der Waals surface area (Å²) in [5.74, 6) is -1.41. The smallest absolute Gasteiger partial charge is 0.302 e. The van der Waals surface area contributed by atoms with E-state index in [-0.39, 0.29) is 22.8 Å². The lowest BCUT2D eigenvalue weighted by Gasteiger charge is -2.21. The van der Waals surface area contributed by atoms with Gasteiger partial charge in [0.1, 0.15) is 17.6 Å². The summed E-state index contributed by atoms with van der Waals surface area (Å²) in [6.07, 6.45) is 0. The van der Waals surface area contributed by atoms with Gasteiger partial charge in [0.25, 0.3) is 5.78 Å². The van der Waals surface area contributed by atoms with Gasteiger partial charge >= 0.3 is 5.91 Å². The fourth-order valence-electron chi connectivity index (χ4n) is 3.83. The number of aliphatic hydroxyl groups excluding tert-OH is 1. The van der Waals surface area contributed by atoms with Crippen LogP contribution in [0.2, 0.25) is 5.02 Å². The number of methoxy groups -OCH3 is 1. The van der Waals surface area contributed by atoms with Gasteiger partial charge in [0, 0.05) is 9.90 Å². The number of ether oxygens (including phenoxy) is 1. The number of aromatic nitrogens is 2. The molecule has 9 heteroatoms. The average Bonchev–Trinajstić information content (AvgIpc) is 3.52. The zero-order valence-corrected chi connectivity index (χ0v) is 18.3. The Morgan fingerprint density at radius 1 is 1.19 bits per heavy atom. The number of thiophene rings is 1. The number of rotatable bonds is 4. The van der Waals surface area contributed by atoms with Crippen molar-refractivity contribution in [2.24, 2.45) is 0 Å². The Labute approximate surface area is 191 Å². The third kappa shape index (κ3) is 3.16. The molecule has 2 N–H and O–H groups in total. The van der Waals surface area contributed by atoms with E-state index in [0.29, 0.717) is 21.2 Å². The molecule has 5 rings (SSSR count). The highest BCUT2D eigenvalue weighted by atomic mass is 35.5. The van der Waals surface area contributed by atoms with Crippen LogP contribution in [0.4, 0.5) is 5.95 Å². The van der Waals surface area contributed by atoms with E-state index in [1.807, 2.05) is 35.7 Å². The molecule has 7 nitrogen and oxygen atoms in total. The second-order valence-corrected chi connectivity index (χ2v) is 8.52. The number of amides is 1. The van der Waals surface area contributed by atoms with Crippen molar-refractivity contribution in [2.75, 3.05) is 12.0 Å². The topological polar surface area (TPSA) is 95.5 Å². The third-order valence-corrected chi connectivity index (χ3v) is 6.44. The minimum atomic E-state index is -0.862. The zero-order chi connectivity index (χ0) is 22.4. The molecule has 0 spiro atoms. The van der Waals surface area contributed by atoms with Crippen LogP contribution >= 0.6 is 22.9 Å². The molecule has 2 aromatic carbocycles. The van der Waals surface area contributed by atoms with E-state index < -0.39 is 17.7 Å². The Balaban J connectivity index is 1.74. The summed E-state index contributed by atoms with van der Waals surface area (Å²) in [5.41, 5.74) is 1.55. The van der Waals surface area contributed by atoms with Gasteiger partial charge in [0.2, 0.25) is 5.95 Å². The number of para-hydroxylation sites is 2. The number of carbonyl (C=O) groups excluding carboxylic acids is 2. The standard InChI is InChI=1S/C23H16ClN3O4S/c1-31-16-9-8-12(24)11-13(16)20(28)18-19(17-7-4-10-32-17)27(22(30)21(18)29)23-25-14-5-2-3-6-15(14)26-23/h2-11,19,28H,1H3,(H,25,26)/b20-18+. The van der Waals surface area contributed by atoms with Gasteiger partial charge in [0.15, 0.2) is 0 Å². The molecule has 160 valence electrons. The first-order chi connectivity index (χ1) is 15.5. The summed E-state index contributed by atoms with van der Waals surface area (Å²) in [6.45, 7) is 0. The van der Waals surface area contributed by atoms with E-state index in [9.17, 15) is 14.7 Å². The third-order valence-electron chi connectivity index (χ3n) is 5.28. The molecule has 0 aliphatic carbocycles. The maximum absolute atomic E-state index is 13.2. The van der Waals surface area contributed by atoms with E-state index >= 15 is 0 Å². The number of H-pyrrole nitrogens is 1. The van der Waals surface area contributed by atoms with E-state index in [0.717, 1.165) is 5.52 Å². The Morgan fingerprint density at radius 3 is 2.72 bits per heavy atom. The van der Waals surface area contributed by atoms with Gasteiger partial charge in [-0.3, -0.25) is 14.5 Å². The van der Waals surface area contributed by atoms with Crippen LogP contribution in [0.5, 0.6) is 5.75 Å². The number of Topliss-reactive ketones (excluding diaryl/α,β-unsaturated/α-hetero) is 1. The molecule has 1 aliphatic heterocycles. The number of halogens is 1. The van der Waals surface area contributed by atoms with Gasteiger partial charge in [-0.25, -0.2) is 4.98 Å². The Bertz CT molecular complexity index is 1360. The fourth-order valence-corrected chi connectivity index (χ4v) is 4.83. The van der Waals surface area contributed by atoms with Crippen molar-refractivity contribution >= 4 is 57.4 Å². The van der Waals surface area contributed by atoms with Gasteiger partial charge in [-0.15, -0.1) is 11.3 Å². The molecular weight excluding hydrogens is 450 g/mol. The van der Waals surface area contributed by atoms with E-state index in [2.05, 4.69) is 9.97 Å². The van der Waals surface area contributed by atoms with Crippen molar-refractivity contribution in [1.29, 1.82) is 0 Å². The van der Waals surface area contributed by atoms with Crippen LogP contribution in [0.3, 0.4) is 0 Å². The van der Waals surface area contributed by atoms with Crippen LogP contribution < -0.4 is 9.64 Å². The molecule has 1 fully saturated rings. The first-order valence-electron chi connectivity index (χ1n) is 9.62. The van der Waals surface area contributed by atoms with Crippen molar-refractivity contribution in [3.05, 3.63) is 81.0 Å². The molecule has 1 amide bonds. The molecule has 3 heterocycles. The summed E-state index contributed by atoms with van der Waals surface area (Å²) in [6, 6.07) is 14.8. The van der Waals surface area contributed by atoms with Crippen LogP contribution in [0.25, 0.3) is 16.8 Å². The maximum atomic E-state index is 13.2. The number of carbonyl (C=O) groups is 2. The van der Waals surface area contributed by atoms with E-state index in [1.54, 1.807) is 18.2 Å². The van der Waals surface area contributed by atoms with Crippen molar-refractivity contribution in [3.63, 3.8) is 0 Å². The van der Waals surface area contributed by atoms with Crippen LogP contribution in [0.1, 0.15) is 16.5 Å². The number of ketones is 1. The molecule has 0 bridgehead atoms. The molecule has 0 saturated carbocycles. The first kappa shape index (κ1) is 20.3. The van der Waals surface area contributed by atoms with Crippen molar-refractivity contribution < 1.29 is 19.4 Å². The molecule has 32 heavy (non-hydrogen) atoms.